The minimum atomic E-state index is -0.0638. The van der Waals surface area contributed by atoms with Crippen molar-refractivity contribution in [3.05, 3.63) is 16.6 Å². The van der Waals surface area contributed by atoms with Crippen molar-refractivity contribution in [3.63, 3.8) is 0 Å². The van der Waals surface area contributed by atoms with Crippen LogP contribution in [0.5, 0.6) is 0 Å². The number of nitrogens with zero attached hydrogens (tertiary/aromatic N) is 2. The Hall–Kier alpha value is -1.11. The van der Waals surface area contributed by atoms with E-state index in [2.05, 4.69) is 10.4 Å². The number of rotatable bonds is 3. The van der Waals surface area contributed by atoms with Gasteiger partial charge in [-0.1, -0.05) is 0 Å². The summed E-state index contributed by atoms with van der Waals surface area (Å²) in [4.78, 5) is 13.4. The molecule has 0 aromatic carbocycles. The number of aryl methyl sites for hydroxylation is 2. The molecule has 0 bridgehead atoms. The molecule has 2 aromatic heterocycles. The molecule has 0 aliphatic rings. The molecular formula is C10H15ClN4OS. The lowest BCUT2D eigenvalue weighted by Gasteiger charge is -1.99. The minimum Gasteiger partial charge on any atom is -0.350 e. The van der Waals surface area contributed by atoms with Gasteiger partial charge in [0.2, 0.25) is 0 Å². The van der Waals surface area contributed by atoms with E-state index in [-0.39, 0.29) is 18.3 Å². The van der Waals surface area contributed by atoms with E-state index in [1.54, 1.807) is 4.68 Å². The molecule has 2 heterocycles. The Labute approximate surface area is 109 Å². The molecule has 0 atom stereocenters. The fourth-order valence-corrected chi connectivity index (χ4v) is 2.63. The van der Waals surface area contributed by atoms with Crippen molar-refractivity contribution in [2.75, 3.05) is 13.1 Å². The van der Waals surface area contributed by atoms with Crippen LogP contribution < -0.4 is 11.1 Å². The zero-order chi connectivity index (χ0) is 11.7. The number of nitrogens with one attached hydrogen (secondary N) is 1. The fourth-order valence-electron chi connectivity index (χ4n) is 1.59. The monoisotopic (exact) mass is 274 g/mol. The Balaban J connectivity index is 0.00000144. The molecule has 17 heavy (non-hydrogen) atoms. The molecule has 0 aliphatic heterocycles. The van der Waals surface area contributed by atoms with Gasteiger partial charge >= 0.3 is 0 Å². The molecular weight excluding hydrogens is 260 g/mol. The van der Waals surface area contributed by atoms with Gasteiger partial charge in [-0.15, -0.1) is 23.7 Å². The maximum absolute atomic E-state index is 11.7. The maximum atomic E-state index is 11.7. The average Bonchev–Trinajstić information content (AvgIpc) is 2.79. The van der Waals surface area contributed by atoms with Crippen molar-refractivity contribution >= 4 is 39.9 Å². The summed E-state index contributed by atoms with van der Waals surface area (Å²) in [6.45, 7) is 2.90. The van der Waals surface area contributed by atoms with Gasteiger partial charge in [-0.2, -0.15) is 5.10 Å². The number of nitrogens with two attached hydrogens (primary N) is 1. The molecule has 1 amide bonds. The summed E-state index contributed by atoms with van der Waals surface area (Å²) < 4.78 is 1.80. The van der Waals surface area contributed by atoms with Crippen LogP contribution in [0.25, 0.3) is 10.2 Å². The van der Waals surface area contributed by atoms with Crippen LogP contribution >= 0.6 is 23.7 Å². The smallest absolute Gasteiger partial charge is 0.261 e. The summed E-state index contributed by atoms with van der Waals surface area (Å²) in [6.07, 6.45) is 0. The Bertz CT molecular complexity index is 499. The van der Waals surface area contributed by atoms with Gasteiger partial charge in [0.05, 0.1) is 10.6 Å². The Morgan fingerprint density at radius 3 is 2.94 bits per heavy atom. The summed E-state index contributed by atoms with van der Waals surface area (Å²) in [5.41, 5.74) is 6.28. The maximum Gasteiger partial charge on any atom is 0.261 e. The highest BCUT2D eigenvalue weighted by Gasteiger charge is 2.14. The van der Waals surface area contributed by atoms with E-state index in [4.69, 9.17) is 5.73 Å². The van der Waals surface area contributed by atoms with E-state index in [1.807, 2.05) is 20.0 Å². The van der Waals surface area contributed by atoms with Crippen LogP contribution in [0, 0.1) is 6.92 Å². The first-order chi connectivity index (χ1) is 7.63. The summed E-state index contributed by atoms with van der Waals surface area (Å²) >= 11 is 1.45. The second-order valence-electron chi connectivity index (χ2n) is 3.58. The quantitative estimate of drug-likeness (QED) is 0.879. The summed E-state index contributed by atoms with van der Waals surface area (Å²) in [5, 5.41) is 8.09. The number of carbonyl (C=O) groups excluding carboxylic acids is 1. The van der Waals surface area contributed by atoms with Gasteiger partial charge in [0.1, 0.15) is 4.83 Å². The van der Waals surface area contributed by atoms with Crippen molar-refractivity contribution in [2.24, 2.45) is 12.8 Å². The summed E-state index contributed by atoms with van der Waals surface area (Å²) in [6, 6.07) is 1.88. The first-order valence-corrected chi connectivity index (χ1v) is 5.86. The van der Waals surface area contributed by atoms with Gasteiger partial charge < -0.3 is 11.1 Å². The van der Waals surface area contributed by atoms with Crippen molar-refractivity contribution in [3.8, 4) is 0 Å². The lowest BCUT2D eigenvalue weighted by atomic mass is 10.3. The van der Waals surface area contributed by atoms with Gasteiger partial charge in [-0.3, -0.25) is 9.48 Å². The van der Waals surface area contributed by atoms with E-state index in [9.17, 15) is 4.79 Å². The molecule has 2 rings (SSSR count). The van der Waals surface area contributed by atoms with Crippen molar-refractivity contribution in [2.45, 2.75) is 6.92 Å². The Kier molecular flexibility index (Phi) is 4.50. The Morgan fingerprint density at radius 2 is 2.35 bits per heavy atom. The number of amides is 1. The van der Waals surface area contributed by atoms with Crippen molar-refractivity contribution < 1.29 is 4.79 Å². The third-order valence-electron chi connectivity index (χ3n) is 2.35. The average molecular weight is 275 g/mol. The second kappa shape index (κ2) is 5.48. The zero-order valence-corrected chi connectivity index (χ0v) is 11.3. The highest BCUT2D eigenvalue weighted by molar-refractivity contribution is 7.20. The van der Waals surface area contributed by atoms with E-state index < -0.39 is 0 Å². The zero-order valence-electron chi connectivity index (χ0n) is 9.69. The van der Waals surface area contributed by atoms with E-state index in [0.29, 0.717) is 18.0 Å². The van der Waals surface area contributed by atoms with Crippen LogP contribution in [0.3, 0.4) is 0 Å². The van der Waals surface area contributed by atoms with Gasteiger partial charge in [0, 0.05) is 25.5 Å². The van der Waals surface area contributed by atoms with E-state index >= 15 is 0 Å². The molecule has 7 heteroatoms. The summed E-state index contributed by atoms with van der Waals surface area (Å²) in [5.74, 6) is -0.0638. The minimum absolute atomic E-state index is 0. The number of aromatic nitrogens is 2. The molecule has 0 spiro atoms. The van der Waals surface area contributed by atoms with Crippen LogP contribution in [0.4, 0.5) is 0 Å². The molecule has 3 N–H and O–H groups in total. The SMILES string of the molecule is Cc1nn(C)c2sc(C(=O)NCCN)cc12.Cl. The van der Waals surface area contributed by atoms with Gasteiger partial charge in [0.25, 0.3) is 5.91 Å². The fraction of sp³-hybridized carbons (Fsp3) is 0.400. The van der Waals surface area contributed by atoms with Crippen LogP contribution in [0.2, 0.25) is 0 Å². The van der Waals surface area contributed by atoms with E-state index in [1.165, 1.54) is 11.3 Å². The summed E-state index contributed by atoms with van der Waals surface area (Å²) in [7, 11) is 1.88. The standard InChI is InChI=1S/C10H14N4OS.ClH/c1-6-7-5-8(9(15)12-4-3-11)16-10(7)14(2)13-6;/h5H,3-4,11H2,1-2H3,(H,12,15);1H. The number of halogens is 1. The van der Waals surface area contributed by atoms with E-state index in [0.717, 1.165) is 15.9 Å². The predicted molar refractivity (Wildman–Crippen MR) is 72.0 cm³/mol. The molecule has 0 saturated heterocycles. The third-order valence-corrected chi connectivity index (χ3v) is 3.55. The number of thiophene rings is 1. The molecule has 5 nitrogen and oxygen atoms in total. The number of carbonyl (C=O) groups is 1. The predicted octanol–water partition coefficient (Wildman–Crippen LogP) is 1.05. The Morgan fingerprint density at radius 1 is 1.65 bits per heavy atom. The van der Waals surface area contributed by atoms with Gasteiger partial charge in [-0.05, 0) is 13.0 Å². The number of hydrogen-bond donors (Lipinski definition) is 2. The molecule has 2 aromatic rings. The van der Waals surface area contributed by atoms with Crippen molar-refractivity contribution in [1.29, 1.82) is 0 Å². The molecule has 0 aliphatic carbocycles. The highest BCUT2D eigenvalue weighted by atomic mass is 35.5. The molecule has 0 radical (unpaired) electrons. The lowest BCUT2D eigenvalue weighted by Crippen LogP contribution is -2.28. The van der Waals surface area contributed by atoms with Crippen molar-refractivity contribution in [1.82, 2.24) is 15.1 Å². The first kappa shape index (κ1) is 14.0. The molecule has 0 unspecified atom stereocenters. The number of fused-ring (bicyclic) bond motifs is 1. The molecule has 0 fully saturated rings. The van der Waals surface area contributed by atoms with Crippen LogP contribution in [-0.2, 0) is 7.05 Å². The first-order valence-electron chi connectivity index (χ1n) is 5.05. The van der Waals surface area contributed by atoms with Crippen LogP contribution in [-0.4, -0.2) is 28.8 Å². The second-order valence-corrected chi connectivity index (χ2v) is 4.61. The lowest BCUT2D eigenvalue weighted by molar-refractivity contribution is 0.0959. The van der Waals surface area contributed by atoms with Crippen LogP contribution in [0.1, 0.15) is 15.4 Å². The van der Waals surface area contributed by atoms with Gasteiger partial charge in [-0.25, -0.2) is 0 Å². The largest absolute Gasteiger partial charge is 0.350 e. The third kappa shape index (κ3) is 2.59. The normalized spacial score (nSPS) is 10.3. The van der Waals surface area contributed by atoms with Crippen LogP contribution in [0.15, 0.2) is 6.07 Å². The molecule has 0 saturated carbocycles. The molecule has 94 valence electrons. The highest BCUT2D eigenvalue weighted by Crippen LogP contribution is 2.27. The number of hydrogen-bond acceptors (Lipinski definition) is 4. The van der Waals surface area contributed by atoms with Gasteiger partial charge in [0.15, 0.2) is 0 Å². The topological polar surface area (TPSA) is 72.9 Å².